The predicted octanol–water partition coefficient (Wildman–Crippen LogP) is 1.95. The van der Waals surface area contributed by atoms with Crippen LogP contribution in [0.15, 0.2) is 52.8 Å². The summed E-state index contributed by atoms with van der Waals surface area (Å²) in [4.78, 5) is 30.1. The minimum absolute atomic E-state index is 0.275. The molecule has 7 heteroatoms. The summed E-state index contributed by atoms with van der Waals surface area (Å²) in [6.45, 7) is 0.373. The molecule has 24 heavy (non-hydrogen) atoms. The molecule has 1 atom stereocenters. The Morgan fingerprint density at radius 3 is 2.88 bits per heavy atom. The minimum Gasteiger partial charge on any atom is -0.388 e. The van der Waals surface area contributed by atoms with Crippen LogP contribution in [-0.4, -0.2) is 38.9 Å². The number of hydrogen-bond donors (Lipinski definition) is 1. The first-order valence-corrected chi connectivity index (χ1v) is 8.39. The molecule has 124 valence electrons. The van der Waals surface area contributed by atoms with Crippen LogP contribution in [0.4, 0.5) is 0 Å². The Kier molecular flexibility index (Phi) is 4.73. The van der Waals surface area contributed by atoms with Crippen molar-refractivity contribution in [1.82, 2.24) is 14.3 Å². The molecule has 2 heterocycles. The second kappa shape index (κ2) is 6.94. The fourth-order valence-electron chi connectivity index (χ4n) is 2.47. The third-order valence-electron chi connectivity index (χ3n) is 3.80. The molecular weight excluding hydrogens is 326 g/mol. The van der Waals surface area contributed by atoms with Crippen LogP contribution in [0.2, 0.25) is 0 Å². The monoisotopic (exact) mass is 343 g/mol. The number of thiazole rings is 1. The van der Waals surface area contributed by atoms with Gasteiger partial charge in [0.25, 0.3) is 11.5 Å². The number of benzene rings is 1. The van der Waals surface area contributed by atoms with E-state index in [1.54, 1.807) is 23.0 Å². The van der Waals surface area contributed by atoms with Crippen molar-refractivity contribution in [3.05, 3.63) is 69.6 Å². The highest BCUT2D eigenvalue weighted by atomic mass is 32.1. The Hall–Kier alpha value is -2.51. The van der Waals surface area contributed by atoms with Crippen molar-refractivity contribution >= 4 is 22.2 Å². The summed E-state index contributed by atoms with van der Waals surface area (Å²) >= 11 is 1.30. The number of carbonyl (C=O) groups is 1. The fraction of sp³-hybridized carbons (Fsp3) is 0.235. The molecule has 0 saturated heterocycles. The number of rotatable bonds is 5. The number of fused-ring (bicyclic) bond motifs is 1. The summed E-state index contributed by atoms with van der Waals surface area (Å²) in [7, 11) is 1.66. The second-order valence-electron chi connectivity index (χ2n) is 5.48. The van der Waals surface area contributed by atoms with Gasteiger partial charge in [-0.25, -0.2) is 0 Å². The number of aliphatic hydroxyl groups excluding tert-OH is 1. The molecule has 0 saturated carbocycles. The molecular formula is C17H17N3O3S. The van der Waals surface area contributed by atoms with Gasteiger partial charge in [-0.1, -0.05) is 30.3 Å². The number of carbonyl (C=O) groups excluding carboxylic acids is 1. The molecule has 3 aromatic rings. The first-order chi connectivity index (χ1) is 11.6. The lowest BCUT2D eigenvalue weighted by Gasteiger charge is -2.19. The lowest BCUT2D eigenvalue weighted by Crippen LogP contribution is -2.31. The van der Waals surface area contributed by atoms with Crippen molar-refractivity contribution in [3.63, 3.8) is 0 Å². The lowest BCUT2D eigenvalue weighted by atomic mass is 10.1. The molecule has 1 unspecified atom stereocenters. The van der Waals surface area contributed by atoms with E-state index in [0.717, 1.165) is 5.56 Å². The van der Waals surface area contributed by atoms with Gasteiger partial charge in [0.1, 0.15) is 5.69 Å². The number of nitrogens with zero attached hydrogens (tertiary/aromatic N) is 3. The number of aromatic nitrogens is 2. The van der Waals surface area contributed by atoms with Gasteiger partial charge in [0.05, 0.1) is 6.10 Å². The van der Waals surface area contributed by atoms with Crippen molar-refractivity contribution in [2.24, 2.45) is 0 Å². The second-order valence-corrected chi connectivity index (χ2v) is 6.35. The SMILES string of the molecule is CN(CCC(O)c1ccccc1)C(=O)c1cc(=O)nc2sccn12. The maximum absolute atomic E-state index is 12.6. The Labute approximate surface area is 142 Å². The predicted molar refractivity (Wildman–Crippen MR) is 92.3 cm³/mol. The highest BCUT2D eigenvalue weighted by Gasteiger charge is 2.18. The van der Waals surface area contributed by atoms with Gasteiger partial charge < -0.3 is 10.0 Å². The largest absolute Gasteiger partial charge is 0.388 e. The Bertz CT molecular complexity index is 904. The van der Waals surface area contributed by atoms with Crippen molar-refractivity contribution in [1.29, 1.82) is 0 Å². The quantitative estimate of drug-likeness (QED) is 0.768. The van der Waals surface area contributed by atoms with E-state index in [4.69, 9.17) is 0 Å². The molecule has 1 aromatic carbocycles. The van der Waals surface area contributed by atoms with Crippen molar-refractivity contribution < 1.29 is 9.90 Å². The third-order valence-corrected chi connectivity index (χ3v) is 4.56. The molecule has 1 amide bonds. The summed E-state index contributed by atoms with van der Waals surface area (Å²) in [5, 5.41) is 12.0. The highest BCUT2D eigenvalue weighted by molar-refractivity contribution is 7.15. The van der Waals surface area contributed by atoms with E-state index in [2.05, 4.69) is 4.98 Å². The van der Waals surface area contributed by atoms with E-state index in [0.29, 0.717) is 17.9 Å². The number of hydrogen-bond acceptors (Lipinski definition) is 5. The Morgan fingerprint density at radius 2 is 2.12 bits per heavy atom. The molecule has 0 aliphatic carbocycles. The van der Waals surface area contributed by atoms with Crippen LogP contribution in [0.25, 0.3) is 4.96 Å². The standard InChI is InChI=1S/C17H17N3O3S/c1-19(8-7-14(21)12-5-3-2-4-6-12)16(23)13-11-15(22)18-17-20(13)9-10-24-17/h2-6,9-11,14,21H,7-8H2,1H3. The molecule has 0 aliphatic rings. The topological polar surface area (TPSA) is 74.9 Å². The van der Waals surface area contributed by atoms with Gasteiger partial charge in [-0.3, -0.25) is 14.0 Å². The van der Waals surface area contributed by atoms with Crippen LogP contribution in [0, 0.1) is 0 Å². The van der Waals surface area contributed by atoms with Crippen LogP contribution < -0.4 is 5.56 Å². The summed E-state index contributed by atoms with van der Waals surface area (Å²) in [5.74, 6) is -0.275. The maximum atomic E-state index is 12.6. The third kappa shape index (κ3) is 3.37. The normalized spacial score (nSPS) is 12.2. The van der Waals surface area contributed by atoms with Gasteiger partial charge >= 0.3 is 0 Å². The first-order valence-electron chi connectivity index (χ1n) is 7.51. The summed E-state index contributed by atoms with van der Waals surface area (Å²) < 4.78 is 1.61. The van der Waals surface area contributed by atoms with E-state index in [9.17, 15) is 14.7 Å². The van der Waals surface area contributed by atoms with Crippen LogP contribution in [-0.2, 0) is 0 Å². The molecule has 0 spiro atoms. The molecule has 0 radical (unpaired) electrons. The van der Waals surface area contributed by atoms with Crippen molar-refractivity contribution in [2.75, 3.05) is 13.6 Å². The van der Waals surface area contributed by atoms with Gasteiger partial charge in [-0.15, -0.1) is 11.3 Å². The van der Waals surface area contributed by atoms with Gasteiger partial charge in [-0.05, 0) is 12.0 Å². The summed E-state index contributed by atoms with van der Waals surface area (Å²) in [5.41, 5.74) is 0.667. The molecule has 0 bridgehead atoms. The van der Waals surface area contributed by atoms with Crippen molar-refractivity contribution in [3.8, 4) is 0 Å². The summed E-state index contributed by atoms with van der Waals surface area (Å²) in [6.07, 6.45) is 1.49. The molecule has 0 aliphatic heterocycles. The first kappa shape index (κ1) is 16.4. The molecule has 2 aromatic heterocycles. The molecule has 6 nitrogen and oxygen atoms in total. The van der Waals surface area contributed by atoms with Gasteiger partial charge in [-0.2, -0.15) is 4.98 Å². The Morgan fingerprint density at radius 1 is 1.38 bits per heavy atom. The zero-order valence-electron chi connectivity index (χ0n) is 13.1. The van der Waals surface area contributed by atoms with Gasteiger partial charge in [0.15, 0.2) is 4.96 Å². The number of aliphatic hydroxyl groups is 1. The van der Waals surface area contributed by atoms with Crippen LogP contribution in [0.5, 0.6) is 0 Å². The van der Waals surface area contributed by atoms with E-state index in [1.165, 1.54) is 22.3 Å². The van der Waals surface area contributed by atoms with Gasteiger partial charge in [0.2, 0.25) is 0 Å². The lowest BCUT2D eigenvalue weighted by molar-refractivity contribution is 0.0754. The molecule has 3 rings (SSSR count). The van der Waals surface area contributed by atoms with Crippen LogP contribution >= 0.6 is 11.3 Å². The zero-order valence-corrected chi connectivity index (χ0v) is 13.9. The molecule has 0 fully saturated rings. The number of amides is 1. The van der Waals surface area contributed by atoms with E-state index >= 15 is 0 Å². The van der Waals surface area contributed by atoms with E-state index in [-0.39, 0.29) is 11.6 Å². The van der Waals surface area contributed by atoms with E-state index < -0.39 is 11.7 Å². The average Bonchev–Trinajstić information content (AvgIpc) is 3.07. The van der Waals surface area contributed by atoms with Gasteiger partial charge in [0, 0.05) is 31.2 Å². The smallest absolute Gasteiger partial charge is 0.274 e. The van der Waals surface area contributed by atoms with Crippen LogP contribution in [0.3, 0.4) is 0 Å². The van der Waals surface area contributed by atoms with Crippen LogP contribution in [0.1, 0.15) is 28.6 Å². The maximum Gasteiger partial charge on any atom is 0.274 e. The summed E-state index contributed by atoms with van der Waals surface area (Å²) in [6, 6.07) is 10.6. The average molecular weight is 343 g/mol. The Balaban J connectivity index is 1.72. The zero-order chi connectivity index (χ0) is 17.1. The van der Waals surface area contributed by atoms with E-state index in [1.807, 2.05) is 30.3 Å². The fourth-order valence-corrected chi connectivity index (χ4v) is 3.19. The highest BCUT2D eigenvalue weighted by Crippen LogP contribution is 2.17. The minimum atomic E-state index is -0.636. The van der Waals surface area contributed by atoms with Crippen molar-refractivity contribution in [2.45, 2.75) is 12.5 Å². The molecule has 1 N–H and O–H groups in total.